The summed E-state index contributed by atoms with van der Waals surface area (Å²) < 4.78 is 38.7. The van der Waals surface area contributed by atoms with Crippen LogP contribution in [0.15, 0.2) is 11.3 Å². The highest BCUT2D eigenvalue weighted by Crippen LogP contribution is 2.68. The molecule has 4 bridgehead atoms. The van der Waals surface area contributed by atoms with Gasteiger partial charge in [0.05, 0.1) is 60.0 Å². The predicted octanol–water partition coefficient (Wildman–Crippen LogP) is 11.4. The second kappa shape index (κ2) is 19.3. The third kappa shape index (κ3) is 10.5. The van der Waals surface area contributed by atoms with Gasteiger partial charge in [0.15, 0.2) is 0 Å². The van der Waals surface area contributed by atoms with Gasteiger partial charge in [-0.15, -0.1) is 0 Å². The van der Waals surface area contributed by atoms with Crippen molar-refractivity contribution in [2.75, 3.05) is 39.6 Å². The maximum absolute atomic E-state index is 12.7. The molecule has 0 aromatic rings. The second-order valence-electron chi connectivity index (χ2n) is 19.4. The number of carboxylic acid groups (broad SMARTS) is 1. The van der Waals surface area contributed by atoms with Crippen LogP contribution in [0.4, 0.5) is 0 Å². The number of carboxylic acids is 1. The van der Waals surface area contributed by atoms with Crippen LogP contribution in [0.3, 0.4) is 0 Å². The van der Waals surface area contributed by atoms with Crippen LogP contribution in [0.1, 0.15) is 201 Å². The van der Waals surface area contributed by atoms with E-state index in [1.807, 2.05) is 0 Å². The first-order valence-corrected chi connectivity index (χ1v) is 23.3. The molecule has 7 aliphatic rings. The Kier molecular flexibility index (Phi) is 15.2. The number of hydrogen-bond donors (Lipinski definition) is 1. The van der Waals surface area contributed by atoms with E-state index in [1.165, 1.54) is 77.0 Å². The summed E-state index contributed by atoms with van der Waals surface area (Å²) in [5.41, 5.74) is -0.0992. The third-order valence-corrected chi connectivity index (χ3v) is 15.6. The molecule has 5 unspecified atom stereocenters. The topological polar surface area (TPSA) is 92.7 Å². The minimum Gasteiger partial charge on any atom is -0.497 e. The van der Waals surface area contributed by atoms with E-state index in [9.17, 15) is 9.90 Å². The lowest BCUT2D eigenvalue weighted by Crippen LogP contribution is -2.65. The zero-order valence-corrected chi connectivity index (χ0v) is 35.7. The molecule has 0 spiro atoms. The molecule has 316 valence electrons. The van der Waals surface area contributed by atoms with E-state index in [-0.39, 0.29) is 33.4 Å². The van der Waals surface area contributed by atoms with E-state index in [1.54, 1.807) is 6.92 Å². The quantitative estimate of drug-likeness (QED) is 0.0456. The van der Waals surface area contributed by atoms with E-state index < -0.39 is 5.97 Å². The van der Waals surface area contributed by atoms with E-state index >= 15 is 0 Å². The fourth-order valence-electron chi connectivity index (χ4n) is 12.2. The number of unbranched alkanes of at least 4 members (excludes halogenated alkanes) is 9. The van der Waals surface area contributed by atoms with Crippen LogP contribution in [0.5, 0.6) is 0 Å². The Balaban J connectivity index is 1.05. The Morgan fingerprint density at radius 1 is 0.582 bits per heavy atom. The predicted molar refractivity (Wildman–Crippen MR) is 217 cm³/mol. The van der Waals surface area contributed by atoms with E-state index in [0.29, 0.717) is 18.1 Å². The maximum Gasteiger partial charge on any atom is 0.334 e. The number of allylic oxidation sites excluding steroid dienone is 1. The summed E-state index contributed by atoms with van der Waals surface area (Å²) in [5, 5.41) is 10.4. The largest absolute Gasteiger partial charge is 0.497 e. The van der Waals surface area contributed by atoms with E-state index in [2.05, 4.69) is 20.8 Å². The molecule has 4 saturated carbocycles. The summed E-state index contributed by atoms with van der Waals surface area (Å²) in [7, 11) is 0. The second-order valence-corrected chi connectivity index (χ2v) is 19.4. The first kappa shape index (κ1) is 43.4. The van der Waals surface area contributed by atoms with Crippen molar-refractivity contribution in [3.8, 4) is 0 Å². The van der Waals surface area contributed by atoms with Gasteiger partial charge in [0.2, 0.25) is 0 Å². The summed E-state index contributed by atoms with van der Waals surface area (Å²) in [5.74, 6) is 0.316. The Hall–Kier alpha value is -1.19. The first-order chi connectivity index (χ1) is 26.6. The van der Waals surface area contributed by atoms with Crippen molar-refractivity contribution >= 4 is 5.97 Å². The lowest BCUT2D eigenvalue weighted by molar-refractivity contribution is -0.261. The molecule has 7 fully saturated rings. The van der Waals surface area contributed by atoms with Crippen LogP contribution < -0.4 is 0 Å². The molecule has 4 aliphatic carbocycles. The van der Waals surface area contributed by atoms with Crippen molar-refractivity contribution in [2.24, 2.45) is 11.3 Å². The van der Waals surface area contributed by atoms with Gasteiger partial charge in [0, 0.05) is 25.0 Å². The molecular weight excluding hydrogens is 693 g/mol. The minimum atomic E-state index is -0.865. The fraction of sp³-hybridized carbons (Fsp3) is 0.936. The smallest absolute Gasteiger partial charge is 0.334 e. The molecule has 1 N–H and O–H groups in total. The van der Waals surface area contributed by atoms with Crippen LogP contribution in [-0.4, -0.2) is 78.7 Å². The minimum absolute atomic E-state index is 0.131. The Labute approximate surface area is 334 Å². The van der Waals surface area contributed by atoms with Crippen LogP contribution in [-0.2, 0) is 33.2 Å². The average molecular weight is 773 g/mol. The highest BCUT2D eigenvalue weighted by Gasteiger charge is 2.66. The molecule has 7 rings (SSSR count). The van der Waals surface area contributed by atoms with Crippen molar-refractivity contribution in [2.45, 2.75) is 229 Å². The molecule has 3 aliphatic heterocycles. The summed E-state index contributed by atoms with van der Waals surface area (Å²) in [4.78, 5) is 12.7. The number of aliphatic carboxylic acids is 1. The zero-order valence-electron chi connectivity index (χ0n) is 35.7. The summed E-state index contributed by atoms with van der Waals surface area (Å²) in [6.45, 7) is 13.4. The lowest BCUT2D eigenvalue weighted by Gasteiger charge is -2.66. The molecule has 5 atom stereocenters. The number of carbonyl (C=O) groups is 1. The highest BCUT2D eigenvalue weighted by atomic mass is 16.5. The Morgan fingerprint density at radius 3 is 1.35 bits per heavy atom. The van der Waals surface area contributed by atoms with Gasteiger partial charge < -0.3 is 33.5 Å². The van der Waals surface area contributed by atoms with Gasteiger partial charge in [0.1, 0.15) is 5.76 Å². The van der Waals surface area contributed by atoms with Crippen LogP contribution in [0.25, 0.3) is 0 Å². The Bertz CT molecular complexity index is 1180. The molecule has 0 radical (unpaired) electrons. The third-order valence-electron chi connectivity index (χ3n) is 15.6. The number of rotatable bonds is 29. The average Bonchev–Trinajstić information content (AvgIpc) is 3.10. The fourth-order valence-corrected chi connectivity index (χ4v) is 12.2. The molecule has 0 aromatic carbocycles. The molecule has 0 aromatic heterocycles. The molecule has 8 nitrogen and oxygen atoms in total. The van der Waals surface area contributed by atoms with Gasteiger partial charge in [-0.2, -0.15) is 0 Å². The number of ether oxygens (including phenoxy) is 6. The first-order valence-electron chi connectivity index (χ1n) is 23.3. The maximum atomic E-state index is 12.7. The van der Waals surface area contributed by atoms with Crippen LogP contribution >= 0.6 is 0 Å². The van der Waals surface area contributed by atoms with Gasteiger partial charge in [0.25, 0.3) is 0 Å². The summed E-state index contributed by atoms with van der Waals surface area (Å²) >= 11 is 0. The monoisotopic (exact) mass is 773 g/mol. The molecular formula is C47H80O8. The van der Waals surface area contributed by atoms with Crippen molar-refractivity contribution in [1.82, 2.24) is 0 Å². The van der Waals surface area contributed by atoms with Crippen molar-refractivity contribution in [1.29, 1.82) is 0 Å². The molecule has 55 heavy (non-hydrogen) atoms. The normalized spacial score (nSPS) is 36.5. The number of hydrogen-bond acceptors (Lipinski definition) is 7. The SMILES string of the molecule is CCC1(CCCCCCOC(=C(C)C(=O)O)C23CC4CC(OCCCCCCC5(CC)CCO5)(CC(OCCCCCCC5(CC)CCO5)(C4)C2)C3)CCO1. The lowest BCUT2D eigenvalue weighted by atomic mass is 9.45. The molecule has 3 saturated heterocycles. The molecule has 0 amide bonds. The Morgan fingerprint density at radius 2 is 0.982 bits per heavy atom. The van der Waals surface area contributed by atoms with Gasteiger partial charge in [-0.1, -0.05) is 78.6 Å². The summed E-state index contributed by atoms with van der Waals surface area (Å²) in [6, 6.07) is 0. The van der Waals surface area contributed by atoms with Gasteiger partial charge in [-0.05, 0) is 122 Å². The summed E-state index contributed by atoms with van der Waals surface area (Å²) in [6.07, 6.45) is 29.9. The standard InChI is InChI=1S/C47H80O8/c1-5-43(23-29-53-43)20-14-8-11-17-26-50-40(38(4)41(48)49)42-32-39-33-46(35-42,51-27-18-12-9-15-21-44(6-2)24-30-54-44)37-47(34-39,36-42)52-28-19-13-10-16-22-45(7-3)25-31-55-45/h39H,5-37H2,1-4H3,(H,48,49). The van der Waals surface area contributed by atoms with Gasteiger partial charge >= 0.3 is 5.97 Å². The van der Waals surface area contributed by atoms with Crippen molar-refractivity contribution in [3.05, 3.63) is 11.3 Å². The highest BCUT2D eigenvalue weighted by molar-refractivity contribution is 5.86. The van der Waals surface area contributed by atoms with Crippen molar-refractivity contribution in [3.63, 3.8) is 0 Å². The molecule has 8 heteroatoms. The van der Waals surface area contributed by atoms with Crippen molar-refractivity contribution < 1.29 is 38.3 Å². The van der Waals surface area contributed by atoms with Crippen LogP contribution in [0, 0.1) is 11.3 Å². The van der Waals surface area contributed by atoms with Gasteiger partial charge in [-0.3, -0.25) is 0 Å². The van der Waals surface area contributed by atoms with Crippen LogP contribution in [0.2, 0.25) is 0 Å². The molecule has 3 heterocycles. The van der Waals surface area contributed by atoms with E-state index in [0.717, 1.165) is 135 Å². The zero-order chi connectivity index (χ0) is 38.9. The van der Waals surface area contributed by atoms with Gasteiger partial charge in [-0.25, -0.2) is 4.79 Å². The van der Waals surface area contributed by atoms with E-state index in [4.69, 9.17) is 28.4 Å².